The molecule has 1 fully saturated rings. The summed E-state index contributed by atoms with van der Waals surface area (Å²) in [5.41, 5.74) is 4.25. The zero-order chi connectivity index (χ0) is 15.4. The molecule has 2 bridgehead atoms. The van der Waals surface area contributed by atoms with Crippen molar-refractivity contribution in [2.24, 2.45) is 0 Å². The summed E-state index contributed by atoms with van der Waals surface area (Å²) < 4.78 is 12.3. The Labute approximate surface area is 137 Å². The van der Waals surface area contributed by atoms with Crippen LogP contribution >= 0.6 is 0 Å². The van der Waals surface area contributed by atoms with Gasteiger partial charge in [-0.15, -0.1) is 0 Å². The lowest BCUT2D eigenvalue weighted by Crippen LogP contribution is -2.33. The fourth-order valence-corrected chi connectivity index (χ4v) is 5.69. The Balaban J connectivity index is 1.64. The topological polar surface area (TPSA) is 17.1 Å². The van der Waals surface area contributed by atoms with Crippen molar-refractivity contribution in [1.29, 1.82) is 0 Å². The van der Waals surface area contributed by atoms with Gasteiger partial charge in [0.2, 0.25) is 0 Å². The molecule has 1 aromatic carbocycles. The second-order valence-electron chi connectivity index (χ2n) is 6.82. The van der Waals surface area contributed by atoms with E-state index >= 15 is 0 Å². The maximum Gasteiger partial charge on any atom is 0.0536 e. The van der Waals surface area contributed by atoms with Gasteiger partial charge in [0.15, 0.2) is 0 Å². The highest BCUT2D eigenvalue weighted by molar-refractivity contribution is 7.86. The third-order valence-corrected chi connectivity index (χ3v) is 7.15. The molecule has 0 N–H and O–H groups in total. The number of fused-ring (bicyclic) bond motifs is 2. The molecule has 0 aliphatic carbocycles. The normalized spacial score (nSPS) is 27.5. The van der Waals surface area contributed by atoms with Gasteiger partial charge in [-0.05, 0) is 48.8 Å². The van der Waals surface area contributed by atoms with E-state index < -0.39 is 10.8 Å². The highest BCUT2D eigenvalue weighted by Crippen LogP contribution is 2.37. The number of benzene rings is 1. The number of rotatable bonds is 6. The second-order valence-corrected chi connectivity index (χ2v) is 8.75. The Morgan fingerprint density at radius 3 is 2.64 bits per heavy atom. The molecule has 0 aromatic heterocycles. The highest BCUT2D eigenvalue weighted by Gasteiger charge is 2.33. The lowest BCUT2D eigenvalue weighted by Gasteiger charge is -2.32. The molecule has 0 saturated carbocycles. The van der Waals surface area contributed by atoms with E-state index in [2.05, 4.69) is 37.3 Å². The SMILES string of the molecule is CCCCCCc1ccc(C2=CC3CCCC(C2)S3=O)cc1. The van der Waals surface area contributed by atoms with Crippen LogP contribution in [-0.4, -0.2) is 14.7 Å². The van der Waals surface area contributed by atoms with E-state index in [-0.39, 0.29) is 0 Å². The van der Waals surface area contributed by atoms with Crippen LogP contribution in [-0.2, 0) is 17.2 Å². The van der Waals surface area contributed by atoms with E-state index in [4.69, 9.17) is 0 Å². The average Bonchev–Trinajstić information content (AvgIpc) is 2.52. The van der Waals surface area contributed by atoms with Gasteiger partial charge in [-0.1, -0.05) is 62.9 Å². The van der Waals surface area contributed by atoms with Gasteiger partial charge in [-0.3, -0.25) is 4.21 Å². The maximum atomic E-state index is 12.3. The third kappa shape index (κ3) is 3.71. The number of aryl methyl sites for hydroxylation is 1. The molecule has 2 aliphatic heterocycles. The van der Waals surface area contributed by atoms with E-state index in [1.807, 2.05) is 0 Å². The summed E-state index contributed by atoms with van der Waals surface area (Å²) in [5.74, 6) is 0. The van der Waals surface area contributed by atoms with Crippen molar-refractivity contribution in [3.05, 3.63) is 41.5 Å². The van der Waals surface area contributed by atoms with Gasteiger partial charge in [0.25, 0.3) is 0 Å². The predicted molar refractivity (Wildman–Crippen MR) is 96.5 cm³/mol. The van der Waals surface area contributed by atoms with Gasteiger partial charge in [-0.25, -0.2) is 0 Å². The molecular weight excluding hydrogens is 288 g/mol. The zero-order valence-corrected chi connectivity index (χ0v) is 14.5. The summed E-state index contributed by atoms with van der Waals surface area (Å²) in [6.07, 6.45) is 13.3. The summed E-state index contributed by atoms with van der Waals surface area (Å²) in [6, 6.07) is 9.16. The second kappa shape index (κ2) is 7.59. The molecule has 3 atom stereocenters. The van der Waals surface area contributed by atoms with Crippen LogP contribution in [0, 0.1) is 0 Å². The van der Waals surface area contributed by atoms with Gasteiger partial charge >= 0.3 is 0 Å². The molecule has 0 amide bonds. The molecule has 2 aliphatic rings. The standard InChI is InChI=1S/C20H28OS/c1-2-3-4-5-7-16-10-12-17(13-11-16)18-14-19-8-6-9-20(15-18)22(19)21/h10-14,19-20H,2-9,15H2,1H3. The van der Waals surface area contributed by atoms with Gasteiger partial charge in [0, 0.05) is 16.0 Å². The summed E-state index contributed by atoms with van der Waals surface area (Å²) in [7, 11) is -0.618. The van der Waals surface area contributed by atoms with E-state index in [0.717, 1.165) is 19.3 Å². The third-order valence-electron chi connectivity index (χ3n) is 5.12. The number of hydrogen-bond acceptors (Lipinski definition) is 1. The quantitative estimate of drug-likeness (QED) is 0.654. The summed E-state index contributed by atoms with van der Waals surface area (Å²) in [5, 5.41) is 0.726. The summed E-state index contributed by atoms with van der Waals surface area (Å²) >= 11 is 0. The van der Waals surface area contributed by atoms with Gasteiger partial charge < -0.3 is 0 Å². The summed E-state index contributed by atoms with van der Waals surface area (Å²) in [6.45, 7) is 2.26. The lowest BCUT2D eigenvalue weighted by atomic mass is 9.92. The number of allylic oxidation sites excluding steroid dienone is 1. The van der Waals surface area contributed by atoms with Crippen molar-refractivity contribution in [3.8, 4) is 0 Å². The molecule has 3 rings (SSSR count). The monoisotopic (exact) mass is 316 g/mol. The molecule has 22 heavy (non-hydrogen) atoms. The predicted octanol–water partition coefficient (Wildman–Crippen LogP) is 5.27. The molecule has 3 unspecified atom stereocenters. The van der Waals surface area contributed by atoms with Crippen LogP contribution in [0.15, 0.2) is 30.3 Å². The van der Waals surface area contributed by atoms with E-state index in [1.165, 1.54) is 55.2 Å². The van der Waals surface area contributed by atoms with Crippen LogP contribution in [0.2, 0.25) is 0 Å². The molecule has 1 saturated heterocycles. The zero-order valence-electron chi connectivity index (χ0n) is 13.7. The van der Waals surface area contributed by atoms with Crippen molar-refractivity contribution in [1.82, 2.24) is 0 Å². The fraction of sp³-hybridized carbons (Fsp3) is 0.600. The molecule has 2 heteroatoms. The van der Waals surface area contributed by atoms with Gasteiger partial charge in [0.1, 0.15) is 0 Å². The highest BCUT2D eigenvalue weighted by atomic mass is 32.2. The first-order valence-corrected chi connectivity index (χ1v) is 10.2. The molecule has 0 spiro atoms. The molecule has 2 heterocycles. The first kappa shape index (κ1) is 16.0. The van der Waals surface area contributed by atoms with Crippen LogP contribution in [0.1, 0.15) is 69.4 Å². The number of unbranched alkanes of at least 4 members (excludes halogenated alkanes) is 3. The van der Waals surface area contributed by atoms with Gasteiger partial charge in [0.05, 0.1) is 5.25 Å². The first-order chi connectivity index (χ1) is 10.8. The van der Waals surface area contributed by atoms with Crippen LogP contribution in [0.4, 0.5) is 0 Å². The fourth-order valence-electron chi connectivity index (χ4n) is 3.75. The molecule has 1 aromatic rings. The van der Waals surface area contributed by atoms with E-state index in [9.17, 15) is 4.21 Å². The Morgan fingerprint density at radius 1 is 1.09 bits per heavy atom. The van der Waals surface area contributed by atoms with Crippen LogP contribution in [0.5, 0.6) is 0 Å². The lowest BCUT2D eigenvalue weighted by molar-refractivity contribution is 0.579. The molecule has 0 radical (unpaired) electrons. The Bertz CT molecular complexity index is 543. The minimum absolute atomic E-state index is 0.316. The van der Waals surface area contributed by atoms with Crippen LogP contribution in [0.3, 0.4) is 0 Å². The molecule has 1 nitrogen and oxygen atoms in total. The molecule has 120 valence electrons. The maximum absolute atomic E-state index is 12.3. The van der Waals surface area contributed by atoms with Crippen molar-refractivity contribution < 1.29 is 4.21 Å². The summed E-state index contributed by atoms with van der Waals surface area (Å²) in [4.78, 5) is 0. The Hall–Kier alpha value is -0.890. The smallest absolute Gasteiger partial charge is 0.0536 e. The van der Waals surface area contributed by atoms with Crippen LogP contribution < -0.4 is 0 Å². The van der Waals surface area contributed by atoms with Crippen molar-refractivity contribution in [2.45, 2.75) is 75.2 Å². The minimum Gasteiger partial charge on any atom is -0.259 e. The first-order valence-electron chi connectivity index (χ1n) is 8.97. The van der Waals surface area contributed by atoms with E-state index in [0.29, 0.717) is 10.5 Å². The largest absolute Gasteiger partial charge is 0.259 e. The average molecular weight is 317 g/mol. The van der Waals surface area contributed by atoms with Crippen molar-refractivity contribution in [2.75, 3.05) is 0 Å². The Morgan fingerprint density at radius 2 is 1.91 bits per heavy atom. The van der Waals surface area contributed by atoms with Gasteiger partial charge in [-0.2, -0.15) is 0 Å². The van der Waals surface area contributed by atoms with Crippen molar-refractivity contribution in [3.63, 3.8) is 0 Å². The number of hydrogen-bond donors (Lipinski definition) is 0. The minimum atomic E-state index is -0.618. The van der Waals surface area contributed by atoms with Crippen LogP contribution in [0.25, 0.3) is 5.57 Å². The van der Waals surface area contributed by atoms with E-state index in [1.54, 1.807) is 0 Å². The van der Waals surface area contributed by atoms with Crippen molar-refractivity contribution >= 4 is 16.4 Å². The Kier molecular flexibility index (Phi) is 5.51. The molecular formula is C20H28OS.